The maximum Gasteiger partial charge on any atom is 0.409 e. The van der Waals surface area contributed by atoms with Crippen LogP contribution in [0.3, 0.4) is 0 Å². The fourth-order valence-electron chi connectivity index (χ4n) is 1.97. The zero-order valence-electron chi connectivity index (χ0n) is 9.27. The highest BCUT2D eigenvalue weighted by Gasteiger charge is 2.43. The van der Waals surface area contributed by atoms with E-state index in [2.05, 4.69) is 0 Å². The van der Waals surface area contributed by atoms with Gasteiger partial charge >= 0.3 is 6.09 Å². The summed E-state index contributed by atoms with van der Waals surface area (Å²) in [4.78, 5) is 12.4. The summed E-state index contributed by atoms with van der Waals surface area (Å²) in [6.45, 7) is 4.12. The van der Waals surface area contributed by atoms with E-state index in [-0.39, 0.29) is 12.6 Å². The van der Waals surface area contributed by atoms with Crippen molar-refractivity contribution in [3.63, 3.8) is 0 Å². The molecule has 1 aliphatic heterocycles. The molecule has 0 aromatic rings. The van der Waals surface area contributed by atoms with E-state index in [1.807, 2.05) is 0 Å². The van der Waals surface area contributed by atoms with Crippen LogP contribution >= 0.6 is 0 Å². The summed E-state index contributed by atoms with van der Waals surface area (Å²) in [7, 11) is 0. The van der Waals surface area contributed by atoms with Crippen molar-refractivity contribution in [2.45, 2.75) is 44.9 Å². The fourth-order valence-corrected chi connectivity index (χ4v) is 1.97. The largest absolute Gasteiger partial charge is 0.465 e. The predicted molar refractivity (Wildman–Crippen MR) is 54.6 cm³/mol. The third-order valence-electron chi connectivity index (χ3n) is 2.73. The topological polar surface area (TPSA) is 70.0 Å². The van der Waals surface area contributed by atoms with Crippen molar-refractivity contribution in [2.75, 3.05) is 13.2 Å². The van der Waals surface area contributed by atoms with Crippen molar-refractivity contribution in [2.24, 2.45) is 0 Å². The molecule has 0 bridgehead atoms. The van der Waals surface area contributed by atoms with Crippen LogP contribution in [0, 0.1) is 0 Å². The second-order valence-electron chi connectivity index (χ2n) is 4.28. The fraction of sp³-hybridized carbons (Fsp3) is 0.900. The lowest BCUT2D eigenvalue weighted by Gasteiger charge is -2.30. The molecule has 1 heterocycles. The molecule has 0 aromatic heterocycles. The number of nitrogens with zero attached hydrogens (tertiary/aromatic N) is 1. The van der Waals surface area contributed by atoms with Gasteiger partial charge in [-0.3, -0.25) is 4.90 Å². The lowest BCUT2D eigenvalue weighted by molar-refractivity contribution is -0.0421. The van der Waals surface area contributed by atoms with Crippen LogP contribution in [0.2, 0.25) is 0 Å². The minimum Gasteiger partial charge on any atom is -0.465 e. The van der Waals surface area contributed by atoms with Crippen LogP contribution in [-0.2, 0) is 4.74 Å². The predicted octanol–water partition coefficient (Wildman–Crippen LogP) is 1.26. The van der Waals surface area contributed by atoms with Gasteiger partial charge in [-0.25, -0.2) is 4.79 Å². The Bertz CT molecular complexity index is 229. The Morgan fingerprint density at radius 2 is 2.20 bits per heavy atom. The van der Waals surface area contributed by atoms with E-state index in [0.717, 1.165) is 12.8 Å². The normalized spacial score (nSPS) is 24.5. The number of aliphatic hydroxyl groups excluding tert-OH is 1. The molecule has 0 aromatic carbocycles. The molecule has 0 saturated carbocycles. The highest BCUT2D eigenvalue weighted by molar-refractivity contribution is 5.66. The summed E-state index contributed by atoms with van der Waals surface area (Å²) >= 11 is 0. The number of carbonyl (C=O) groups is 1. The van der Waals surface area contributed by atoms with Gasteiger partial charge in [-0.1, -0.05) is 0 Å². The van der Waals surface area contributed by atoms with Gasteiger partial charge in [0.1, 0.15) is 5.72 Å². The number of aliphatic hydroxyl groups is 1. The van der Waals surface area contributed by atoms with E-state index < -0.39 is 11.8 Å². The lowest BCUT2D eigenvalue weighted by Crippen LogP contribution is -2.47. The first kappa shape index (κ1) is 12.3. The minimum atomic E-state index is -0.938. The molecular formula is C10H19NO4. The van der Waals surface area contributed by atoms with Crippen LogP contribution in [0.25, 0.3) is 0 Å². The molecule has 0 spiro atoms. The van der Waals surface area contributed by atoms with Crippen molar-refractivity contribution in [1.29, 1.82) is 0 Å². The summed E-state index contributed by atoms with van der Waals surface area (Å²) < 4.78 is 5.44. The Hall–Kier alpha value is -0.810. The van der Waals surface area contributed by atoms with Crippen molar-refractivity contribution in [3.8, 4) is 0 Å². The summed E-state index contributed by atoms with van der Waals surface area (Å²) in [5.74, 6) is 0. The average molecular weight is 217 g/mol. The van der Waals surface area contributed by atoms with Crippen LogP contribution in [0.1, 0.15) is 33.1 Å². The number of carboxylic acid groups (broad SMARTS) is 1. The molecule has 1 unspecified atom stereocenters. The summed E-state index contributed by atoms with van der Waals surface area (Å²) in [6.07, 6.45) is 1.34. The molecule has 88 valence electrons. The quantitative estimate of drug-likeness (QED) is 0.695. The van der Waals surface area contributed by atoms with Gasteiger partial charge in [-0.15, -0.1) is 0 Å². The summed E-state index contributed by atoms with van der Waals surface area (Å²) in [5.41, 5.74) is -0.726. The third-order valence-corrected chi connectivity index (χ3v) is 2.73. The van der Waals surface area contributed by atoms with Gasteiger partial charge in [0.2, 0.25) is 0 Å². The number of hydrogen-bond acceptors (Lipinski definition) is 3. The monoisotopic (exact) mass is 217 g/mol. The zero-order valence-corrected chi connectivity index (χ0v) is 9.27. The highest BCUT2D eigenvalue weighted by atomic mass is 16.5. The Kier molecular flexibility index (Phi) is 3.93. The van der Waals surface area contributed by atoms with Crippen molar-refractivity contribution >= 4 is 6.09 Å². The van der Waals surface area contributed by atoms with Crippen molar-refractivity contribution in [3.05, 3.63) is 0 Å². The first-order chi connectivity index (χ1) is 6.99. The molecule has 1 fully saturated rings. The Morgan fingerprint density at radius 1 is 1.53 bits per heavy atom. The van der Waals surface area contributed by atoms with Gasteiger partial charge < -0.3 is 14.9 Å². The molecule has 1 amide bonds. The molecule has 1 aliphatic rings. The van der Waals surface area contributed by atoms with Crippen LogP contribution in [0.5, 0.6) is 0 Å². The van der Waals surface area contributed by atoms with Crippen LogP contribution in [-0.4, -0.2) is 46.2 Å². The highest BCUT2D eigenvalue weighted by Crippen LogP contribution is 2.29. The van der Waals surface area contributed by atoms with Crippen molar-refractivity contribution in [1.82, 2.24) is 4.90 Å². The number of ether oxygens (including phenoxy) is 1. The minimum absolute atomic E-state index is 0.0796. The van der Waals surface area contributed by atoms with Gasteiger partial charge in [0, 0.05) is 6.61 Å². The number of amides is 1. The SMILES string of the molecule is CC1(C)OCC(CCCCO)N1C(=O)O. The second kappa shape index (κ2) is 4.81. The Morgan fingerprint density at radius 3 is 2.73 bits per heavy atom. The first-order valence-corrected chi connectivity index (χ1v) is 5.26. The van der Waals surface area contributed by atoms with Crippen LogP contribution < -0.4 is 0 Å². The Balaban J connectivity index is 2.54. The zero-order chi connectivity index (χ0) is 11.5. The maximum absolute atomic E-state index is 11.1. The van der Waals surface area contributed by atoms with E-state index in [1.165, 1.54) is 4.90 Å². The standard InChI is InChI=1S/C10H19NO4/c1-10(2)11(9(13)14)8(7-15-10)5-3-4-6-12/h8,12H,3-7H2,1-2H3,(H,13,14). The Labute approximate surface area is 89.6 Å². The van der Waals surface area contributed by atoms with Gasteiger partial charge in [0.15, 0.2) is 0 Å². The smallest absolute Gasteiger partial charge is 0.409 e. The first-order valence-electron chi connectivity index (χ1n) is 5.26. The molecule has 1 rings (SSSR count). The van der Waals surface area contributed by atoms with Crippen LogP contribution in [0.4, 0.5) is 4.79 Å². The van der Waals surface area contributed by atoms with E-state index >= 15 is 0 Å². The third kappa shape index (κ3) is 2.82. The van der Waals surface area contributed by atoms with Crippen molar-refractivity contribution < 1.29 is 19.7 Å². The molecular weight excluding hydrogens is 198 g/mol. The molecule has 0 radical (unpaired) electrons. The summed E-state index contributed by atoms with van der Waals surface area (Å²) in [6, 6.07) is -0.0796. The molecule has 0 aliphatic carbocycles. The molecule has 1 saturated heterocycles. The maximum atomic E-state index is 11.1. The molecule has 5 nitrogen and oxygen atoms in total. The molecule has 1 atom stereocenters. The number of rotatable bonds is 4. The van der Waals surface area contributed by atoms with E-state index in [1.54, 1.807) is 13.8 Å². The molecule has 2 N–H and O–H groups in total. The van der Waals surface area contributed by atoms with Gasteiger partial charge in [0.05, 0.1) is 12.6 Å². The number of hydrogen-bond donors (Lipinski definition) is 2. The van der Waals surface area contributed by atoms with E-state index in [9.17, 15) is 4.79 Å². The molecule has 5 heteroatoms. The van der Waals surface area contributed by atoms with E-state index in [4.69, 9.17) is 14.9 Å². The van der Waals surface area contributed by atoms with Crippen LogP contribution in [0.15, 0.2) is 0 Å². The summed E-state index contributed by atoms with van der Waals surface area (Å²) in [5, 5.41) is 17.7. The van der Waals surface area contributed by atoms with Gasteiger partial charge in [-0.2, -0.15) is 0 Å². The lowest BCUT2D eigenvalue weighted by atomic mass is 10.1. The van der Waals surface area contributed by atoms with Gasteiger partial charge in [0.25, 0.3) is 0 Å². The average Bonchev–Trinajstić information content (AvgIpc) is 2.42. The number of unbranched alkanes of at least 4 members (excludes halogenated alkanes) is 1. The van der Waals surface area contributed by atoms with E-state index in [0.29, 0.717) is 13.0 Å². The second-order valence-corrected chi connectivity index (χ2v) is 4.28. The molecule has 15 heavy (non-hydrogen) atoms. The van der Waals surface area contributed by atoms with Gasteiger partial charge in [-0.05, 0) is 33.1 Å².